The highest BCUT2D eigenvalue weighted by molar-refractivity contribution is 9.09. The summed E-state index contributed by atoms with van der Waals surface area (Å²) in [6.07, 6.45) is 0.727. The summed E-state index contributed by atoms with van der Waals surface area (Å²) in [5.41, 5.74) is 3.33. The van der Waals surface area contributed by atoms with Crippen molar-refractivity contribution in [3.63, 3.8) is 0 Å². The Hall–Kier alpha value is -0.860. The molecule has 0 amide bonds. The zero-order valence-corrected chi connectivity index (χ0v) is 13.0. The number of aryl methyl sites for hydroxylation is 1. The lowest BCUT2D eigenvalue weighted by Gasteiger charge is -2.16. The van der Waals surface area contributed by atoms with Crippen molar-refractivity contribution in [1.82, 2.24) is 0 Å². The van der Waals surface area contributed by atoms with Crippen LogP contribution in [0.25, 0.3) is 0 Å². The molecule has 2 aromatic carbocycles. The van der Waals surface area contributed by atoms with Gasteiger partial charge in [-0.3, -0.25) is 0 Å². The van der Waals surface area contributed by atoms with E-state index in [4.69, 9.17) is 11.6 Å². The topological polar surface area (TPSA) is 0 Å². The minimum absolute atomic E-state index is 0.239. The van der Waals surface area contributed by atoms with Gasteiger partial charge in [0.25, 0.3) is 0 Å². The zero-order valence-electron chi connectivity index (χ0n) is 10.7. The summed E-state index contributed by atoms with van der Waals surface area (Å²) in [5, 5.41) is 1.45. The maximum Gasteiger partial charge on any atom is 0.123 e. The highest BCUT2D eigenvalue weighted by Gasteiger charge is 2.13. The molecule has 3 heteroatoms. The fourth-order valence-corrected chi connectivity index (χ4v) is 2.86. The van der Waals surface area contributed by atoms with E-state index in [1.54, 1.807) is 6.07 Å². The predicted octanol–water partition coefficient (Wildman–Crippen LogP) is 5.51. The van der Waals surface area contributed by atoms with E-state index < -0.39 is 0 Å². The second-order valence-electron chi connectivity index (χ2n) is 4.70. The maximum atomic E-state index is 13.3. The Kier molecular flexibility index (Phi) is 5.00. The molecule has 1 unspecified atom stereocenters. The Morgan fingerprint density at radius 1 is 1.16 bits per heavy atom. The number of alkyl halides is 1. The molecule has 2 rings (SSSR count). The first-order valence-electron chi connectivity index (χ1n) is 6.16. The van der Waals surface area contributed by atoms with Gasteiger partial charge in [0.2, 0.25) is 0 Å². The van der Waals surface area contributed by atoms with Gasteiger partial charge in [0, 0.05) is 10.4 Å². The Morgan fingerprint density at radius 3 is 2.47 bits per heavy atom. The first kappa shape index (κ1) is 14.5. The Labute approximate surface area is 126 Å². The molecule has 0 aliphatic rings. The molecular weight excluding hydrogens is 327 g/mol. The number of benzene rings is 2. The van der Waals surface area contributed by atoms with E-state index in [9.17, 15) is 4.39 Å². The molecule has 0 radical (unpaired) electrons. The average Bonchev–Trinajstić information content (AvgIpc) is 2.41. The van der Waals surface area contributed by atoms with Crippen molar-refractivity contribution < 1.29 is 4.39 Å². The van der Waals surface area contributed by atoms with Gasteiger partial charge in [0.1, 0.15) is 5.82 Å². The van der Waals surface area contributed by atoms with Crippen LogP contribution in [-0.4, -0.2) is 5.33 Å². The van der Waals surface area contributed by atoms with Crippen LogP contribution in [-0.2, 0) is 6.42 Å². The molecule has 19 heavy (non-hydrogen) atoms. The lowest BCUT2D eigenvalue weighted by Crippen LogP contribution is -2.05. The van der Waals surface area contributed by atoms with E-state index >= 15 is 0 Å². The molecule has 0 aliphatic carbocycles. The fraction of sp³-hybridized carbons (Fsp3) is 0.250. The van der Waals surface area contributed by atoms with Gasteiger partial charge in [-0.05, 0) is 48.6 Å². The van der Waals surface area contributed by atoms with Crippen molar-refractivity contribution in [1.29, 1.82) is 0 Å². The zero-order chi connectivity index (χ0) is 13.8. The number of hydrogen-bond acceptors (Lipinski definition) is 0. The number of rotatable bonds is 4. The van der Waals surface area contributed by atoms with Gasteiger partial charge in [0.15, 0.2) is 0 Å². The molecule has 0 bridgehead atoms. The molecule has 0 N–H and O–H groups in total. The van der Waals surface area contributed by atoms with Crippen LogP contribution in [0.1, 0.15) is 22.6 Å². The SMILES string of the molecule is Cc1ccc(C(CBr)Cc2cc(F)ccc2Cl)cc1. The third kappa shape index (κ3) is 3.80. The third-order valence-corrected chi connectivity index (χ3v) is 4.36. The van der Waals surface area contributed by atoms with Crippen molar-refractivity contribution in [3.8, 4) is 0 Å². The van der Waals surface area contributed by atoms with Gasteiger partial charge in [-0.25, -0.2) is 4.39 Å². The summed E-state index contributed by atoms with van der Waals surface area (Å²) in [4.78, 5) is 0. The first-order chi connectivity index (χ1) is 9.10. The van der Waals surface area contributed by atoms with E-state index in [2.05, 4.69) is 47.1 Å². The highest BCUT2D eigenvalue weighted by atomic mass is 79.9. The molecule has 0 saturated heterocycles. The predicted molar refractivity (Wildman–Crippen MR) is 82.8 cm³/mol. The monoisotopic (exact) mass is 340 g/mol. The average molecular weight is 342 g/mol. The molecule has 0 nitrogen and oxygen atoms in total. The summed E-state index contributed by atoms with van der Waals surface area (Å²) in [6.45, 7) is 2.07. The summed E-state index contributed by atoms with van der Waals surface area (Å²) >= 11 is 9.66. The van der Waals surface area contributed by atoms with Gasteiger partial charge in [-0.2, -0.15) is 0 Å². The van der Waals surface area contributed by atoms with Crippen LogP contribution in [0.3, 0.4) is 0 Å². The van der Waals surface area contributed by atoms with Gasteiger partial charge >= 0.3 is 0 Å². The van der Waals surface area contributed by atoms with Crippen LogP contribution in [0.15, 0.2) is 42.5 Å². The van der Waals surface area contributed by atoms with Crippen molar-refractivity contribution >= 4 is 27.5 Å². The lowest BCUT2D eigenvalue weighted by atomic mass is 9.93. The van der Waals surface area contributed by atoms with Crippen LogP contribution in [0.5, 0.6) is 0 Å². The standard InChI is InChI=1S/C16H15BrClF/c1-11-2-4-12(5-3-11)14(10-17)8-13-9-15(19)6-7-16(13)18/h2-7,9,14H,8,10H2,1H3. The fourth-order valence-electron chi connectivity index (χ4n) is 2.07. The molecular formula is C16H15BrClF. The summed E-state index contributed by atoms with van der Waals surface area (Å²) in [6, 6.07) is 13.0. The van der Waals surface area contributed by atoms with Crippen molar-refractivity contribution in [2.75, 3.05) is 5.33 Å². The van der Waals surface area contributed by atoms with Crippen LogP contribution in [0.4, 0.5) is 4.39 Å². The second-order valence-corrected chi connectivity index (χ2v) is 5.76. The van der Waals surface area contributed by atoms with E-state index in [0.29, 0.717) is 10.9 Å². The molecule has 0 fully saturated rings. The van der Waals surface area contributed by atoms with Crippen molar-refractivity contribution in [2.24, 2.45) is 0 Å². The highest BCUT2D eigenvalue weighted by Crippen LogP contribution is 2.27. The van der Waals surface area contributed by atoms with E-state index in [0.717, 1.165) is 17.3 Å². The van der Waals surface area contributed by atoms with E-state index in [1.165, 1.54) is 23.3 Å². The second kappa shape index (κ2) is 6.53. The number of halogens is 3. The molecule has 2 aromatic rings. The summed E-state index contributed by atoms with van der Waals surface area (Å²) in [5.74, 6) is 0.0523. The van der Waals surface area contributed by atoms with Gasteiger partial charge in [0.05, 0.1) is 0 Å². The van der Waals surface area contributed by atoms with E-state index in [-0.39, 0.29) is 5.82 Å². The molecule has 0 saturated carbocycles. The maximum absolute atomic E-state index is 13.3. The van der Waals surface area contributed by atoms with E-state index in [1.807, 2.05) is 0 Å². The lowest BCUT2D eigenvalue weighted by molar-refractivity contribution is 0.623. The Bertz CT molecular complexity index is 551. The van der Waals surface area contributed by atoms with Crippen LogP contribution < -0.4 is 0 Å². The Morgan fingerprint density at radius 2 is 1.84 bits per heavy atom. The normalized spacial score (nSPS) is 12.4. The van der Waals surface area contributed by atoms with Crippen LogP contribution >= 0.6 is 27.5 Å². The molecule has 1 atom stereocenters. The van der Waals surface area contributed by atoms with Gasteiger partial charge in [-0.1, -0.05) is 57.4 Å². The molecule has 0 heterocycles. The summed E-state index contributed by atoms with van der Waals surface area (Å²) < 4.78 is 13.3. The first-order valence-corrected chi connectivity index (χ1v) is 7.66. The van der Waals surface area contributed by atoms with Gasteiger partial charge < -0.3 is 0 Å². The Balaban J connectivity index is 2.23. The third-order valence-electron chi connectivity index (χ3n) is 3.21. The molecule has 0 spiro atoms. The van der Waals surface area contributed by atoms with Crippen molar-refractivity contribution in [2.45, 2.75) is 19.3 Å². The van der Waals surface area contributed by atoms with Crippen LogP contribution in [0, 0.1) is 12.7 Å². The van der Waals surface area contributed by atoms with Crippen molar-refractivity contribution in [3.05, 3.63) is 70.0 Å². The number of hydrogen-bond donors (Lipinski definition) is 0. The minimum atomic E-state index is -0.239. The molecule has 0 aliphatic heterocycles. The quantitative estimate of drug-likeness (QED) is 0.643. The largest absolute Gasteiger partial charge is 0.207 e. The summed E-state index contributed by atoms with van der Waals surface area (Å²) in [7, 11) is 0. The van der Waals surface area contributed by atoms with Crippen LogP contribution in [0.2, 0.25) is 5.02 Å². The smallest absolute Gasteiger partial charge is 0.123 e. The molecule has 100 valence electrons. The van der Waals surface area contributed by atoms with Gasteiger partial charge in [-0.15, -0.1) is 0 Å². The molecule has 0 aromatic heterocycles. The minimum Gasteiger partial charge on any atom is -0.207 e.